The van der Waals surface area contributed by atoms with Crippen LogP contribution in [0.5, 0.6) is 5.75 Å². The molecule has 0 saturated heterocycles. The highest BCUT2D eigenvalue weighted by molar-refractivity contribution is 9.10. The Balaban J connectivity index is 1.91. The molecule has 0 heterocycles. The van der Waals surface area contributed by atoms with E-state index in [-0.39, 0.29) is 0 Å². The average Bonchev–Trinajstić information content (AvgIpc) is 2.92. The summed E-state index contributed by atoms with van der Waals surface area (Å²) >= 11 is 3.53. The third kappa shape index (κ3) is 3.74. The van der Waals surface area contributed by atoms with E-state index in [1.165, 1.54) is 24.8 Å². The highest BCUT2D eigenvalue weighted by Crippen LogP contribution is 2.32. The second-order valence-corrected chi connectivity index (χ2v) is 6.51. The fourth-order valence-electron chi connectivity index (χ4n) is 3.02. The van der Waals surface area contributed by atoms with Crippen LogP contribution in [0.15, 0.2) is 22.7 Å². The minimum absolute atomic E-state index is 0.303. The quantitative estimate of drug-likeness (QED) is 0.831. The number of hydrogen-bond donors (Lipinski definition) is 2. The van der Waals surface area contributed by atoms with E-state index in [0.29, 0.717) is 24.5 Å². The molecule has 3 atom stereocenters. The van der Waals surface area contributed by atoms with Gasteiger partial charge in [0.1, 0.15) is 5.75 Å². The van der Waals surface area contributed by atoms with E-state index >= 15 is 0 Å². The zero-order valence-corrected chi connectivity index (χ0v) is 13.8. The number of nitrogens with one attached hydrogen (secondary N) is 1. The molecular weight excluding hydrogens is 318 g/mol. The number of rotatable bonds is 6. The third-order valence-corrected chi connectivity index (χ3v) is 5.03. The molecule has 4 heteroatoms. The van der Waals surface area contributed by atoms with Crippen LogP contribution in [-0.2, 0) is 0 Å². The summed E-state index contributed by atoms with van der Waals surface area (Å²) in [5.74, 6) is 1.96. The highest BCUT2D eigenvalue weighted by atomic mass is 79.9. The van der Waals surface area contributed by atoms with E-state index < -0.39 is 0 Å². The van der Waals surface area contributed by atoms with Gasteiger partial charge in [0.2, 0.25) is 0 Å². The van der Waals surface area contributed by atoms with E-state index in [0.717, 1.165) is 16.8 Å². The molecule has 1 aromatic rings. The van der Waals surface area contributed by atoms with Gasteiger partial charge in [-0.05, 0) is 71.8 Å². The first kappa shape index (κ1) is 15.8. The number of methoxy groups -OCH3 is 1. The molecule has 0 aromatic heterocycles. The fourth-order valence-corrected chi connectivity index (χ4v) is 3.58. The van der Waals surface area contributed by atoms with Gasteiger partial charge in [-0.3, -0.25) is 0 Å². The summed E-state index contributed by atoms with van der Waals surface area (Å²) in [6, 6.07) is 6.50. The van der Waals surface area contributed by atoms with Crippen molar-refractivity contribution in [3.63, 3.8) is 0 Å². The van der Waals surface area contributed by atoms with Crippen molar-refractivity contribution < 1.29 is 9.84 Å². The minimum Gasteiger partial charge on any atom is -0.496 e. The highest BCUT2D eigenvalue weighted by Gasteiger charge is 2.26. The summed E-state index contributed by atoms with van der Waals surface area (Å²) in [6.45, 7) is 3.49. The minimum atomic E-state index is 0.303. The van der Waals surface area contributed by atoms with E-state index in [9.17, 15) is 5.11 Å². The standard InChI is InChI=1S/C16H24BrNO2/c1-11(12-6-7-16(20-2)15(17)8-12)18-9-13-4-3-5-14(13)10-19/h6-8,11,13-14,18-19H,3-5,9-10H2,1-2H3. The molecule has 112 valence electrons. The molecule has 0 aliphatic heterocycles. The first-order valence-electron chi connectivity index (χ1n) is 7.33. The number of aliphatic hydroxyl groups excluding tert-OH is 1. The summed E-state index contributed by atoms with van der Waals surface area (Å²) in [7, 11) is 1.68. The van der Waals surface area contributed by atoms with Crippen LogP contribution in [0.4, 0.5) is 0 Å². The van der Waals surface area contributed by atoms with Crippen LogP contribution in [0.2, 0.25) is 0 Å². The van der Waals surface area contributed by atoms with E-state index in [2.05, 4.69) is 40.3 Å². The van der Waals surface area contributed by atoms with Crippen LogP contribution in [-0.4, -0.2) is 25.4 Å². The van der Waals surface area contributed by atoms with Crippen LogP contribution in [0.1, 0.15) is 37.8 Å². The summed E-state index contributed by atoms with van der Waals surface area (Å²) < 4.78 is 6.24. The molecule has 1 fully saturated rings. The maximum atomic E-state index is 9.36. The Hall–Kier alpha value is -0.580. The van der Waals surface area contributed by atoms with Crippen molar-refractivity contribution in [1.82, 2.24) is 5.32 Å². The van der Waals surface area contributed by atoms with Crippen molar-refractivity contribution in [3.05, 3.63) is 28.2 Å². The molecule has 0 bridgehead atoms. The van der Waals surface area contributed by atoms with Gasteiger partial charge in [0, 0.05) is 12.6 Å². The van der Waals surface area contributed by atoms with E-state index in [4.69, 9.17) is 4.74 Å². The van der Waals surface area contributed by atoms with Crippen LogP contribution in [0, 0.1) is 11.8 Å². The Morgan fingerprint density at radius 1 is 1.40 bits per heavy atom. The Morgan fingerprint density at radius 2 is 2.15 bits per heavy atom. The van der Waals surface area contributed by atoms with Crippen molar-refractivity contribution in [2.75, 3.05) is 20.3 Å². The Labute approximate surface area is 129 Å². The van der Waals surface area contributed by atoms with Gasteiger partial charge < -0.3 is 15.2 Å². The fraction of sp³-hybridized carbons (Fsp3) is 0.625. The van der Waals surface area contributed by atoms with Crippen LogP contribution in [0.25, 0.3) is 0 Å². The van der Waals surface area contributed by atoms with Crippen LogP contribution < -0.4 is 10.1 Å². The molecule has 1 aliphatic carbocycles. The number of aliphatic hydroxyl groups is 1. The molecule has 2 N–H and O–H groups in total. The van der Waals surface area contributed by atoms with Gasteiger partial charge in [-0.2, -0.15) is 0 Å². The average molecular weight is 342 g/mol. The number of ether oxygens (including phenoxy) is 1. The van der Waals surface area contributed by atoms with Crippen molar-refractivity contribution in [3.8, 4) is 5.75 Å². The van der Waals surface area contributed by atoms with Gasteiger partial charge in [-0.25, -0.2) is 0 Å². The molecule has 3 nitrogen and oxygen atoms in total. The predicted molar refractivity (Wildman–Crippen MR) is 85.0 cm³/mol. The monoisotopic (exact) mass is 341 g/mol. The largest absolute Gasteiger partial charge is 0.496 e. The lowest BCUT2D eigenvalue weighted by atomic mass is 9.96. The van der Waals surface area contributed by atoms with Gasteiger partial charge in [-0.1, -0.05) is 12.5 Å². The SMILES string of the molecule is COc1ccc(C(C)NCC2CCCC2CO)cc1Br. The molecule has 0 spiro atoms. The van der Waals surface area contributed by atoms with Crippen molar-refractivity contribution in [1.29, 1.82) is 0 Å². The molecule has 1 aromatic carbocycles. The number of benzene rings is 1. The third-order valence-electron chi connectivity index (χ3n) is 4.41. The van der Waals surface area contributed by atoms with Gasteiger partial charge >= 0.3 is 0 Å². The van der Waals surface area contributed by atoms with E-state index in [1.54, 1.807) is 7.11 Å². The summed E-state index contributed by atoms with van der Waals surface area (Å²) in [5.41, 5.74) is 1.25. The van der Waals surface area contributed by atoms with Crippen molar-refractivity contribution >= 4 is 15.9 Å². The second-order valence-electron chi connectivity index (χ2n) is 5.66. The van der Waals surface area contributed by atoms with Gasteiger partial charge in [0.15, 0.2) is 0 Å². The first-order valence-corrected chi connectivity index (χ1v) is 8.12. The smallest absolute Gasteiger partial charge is 0.133 e. The summed E-state index contributed by atoms with van der Waals surface area (Å²) in [5, 5.41) is 13.0. The number of halogens is 1. The lowest BCUT2D eigenvalue weighted by molar-refractivity contribution is 0.190. The topological polar surface area (TPSA) is 41.5 Å². The zero-order chi connectivity index (χ0) is 14.5. The summed E-state index contributed by atoms with van der Waals surface area (Å²) in [6.07, 6.45) is 3.66. The maximum absolute atomic E-state index is 9.36. The lowest BCUT2D eigenvalue weighted by Gasteiger charge is -2.22. The Bertz CT molecular complexity index is 438. The van der Waals surface area contributed by atoms with Crippen molar-refractivity contribution in [2.24, 2.45) is 11.8 Å². The van der Waals surface area contributed by atoms with Crippen molar-refractivity contribution in [2.45, 2.75) is 32.2 Å². The van der Waals surface area contributed by atoms with Crippen LogP contribution >= 0.6 is 15.9 Å². The molecular formula is C16H24BrNO2. The molecule has 1 saturated carbocycles. The molecule has 2 rings (SSSR count). The lowest BCUT2D eigenvalue weighted by Crippen LogP contribution is -2.28. The normalized spacial score (nSPS) is 23.8. The van der Waals surface area contributed by atoms with E-state index in [1.807, 2.05) is 6.07 Å². The first-order chi connectivity index (χ1) is 9.65. The summed E-state index contributed by atoms with van der Waals surface area (Å²) in [4.78, 5) is 0. The molecule has 3 unspecified atom stereocenters. The molecule has 20 heavy (non-hydrogen) atoms. The zero-order valence-electron chi connectivity index (χ0n) is 12.2. The maximum Gasteiger partial charge on any atom is 0.133 e. The second kappa shape index (κ2) is 7.43. The number of hydrogen-bond acceptors (Lipinski definition) is 3. The van der Waals surface area contributed by atoms with Gasteiger partial charge in [0.25, 0.3) is 0 Å². The predicted octanol–water partition coefficient (Wildman–Crippen LogP) is 3.52. The Kier molecular flexibility index (Phi) is 5.87. The molecule has 0 amide bonds. The van der Waals surface area contributed by atoms with Gasteiger partial charge in [0.05, 0.1) is 11.6 Å². The molecule has 1 aliphatic rings. The Morgan fingerprint density at radius 3 is 2.80 bits per heavy atom. The van der Waals surface area contributed by atoms with Crippen LogP contribution in [0.3, 0.4) is 0 Å². The van der Waals surface area contributed by atoms with Gasteiger partial charge in [-0.15, -0.1) is 0 Å². The molecule has 0 radical (unpaired) electrons.